The highest BCUT2D eigenvalue weighted by atomic mass is 32.2. The molecule has 0 aliphatic heterocycles. The van der Waals surface area contributed by atoms with E-state index >= 15 is 0 Å². The van der Waals surface area contributed by atoms with Crippen molar-refractivity contribution in [2.75, 3.05) is 10.5 Å². The van der Waals surface area contributed by atoms with Gasteiger partial charge in [-0.25, -0.2) is 4.72 Å². The molecule has 0 heterocycles. The number of benzene rings is 1. The molecule has 0 aromatic heterocycles. The smallest absolute Gasteiger partial charge is 0.586 e. The van der Waals surface area contributed by atoms with Crippen molar-refractivity contribution < 1.29 is 17.7 Å². The molecule has 0 aliphatic rings. The lowest BCUT2D eigenvalue weighted by Crippen LogP contribution is -2.29. The molecule has 0 spiro atoms. The molecular weight excluding hydrogens is 217 g/mol. The number of halogens is 3. The van der Waals surface area contributed by atoms with Gasteiger partial charge < -0.3 is 10.3 Å². The van der Waals surface area contributed by atoms with Gasteiger partial charge in [0.1, 0.15) is 0 Å². The van der Waals surface area contributed by atoms with Crippen molar-refractivity contribution in [3.05, 3.63) is 24.3 Å². The third-order valence-electron chi connectivity index (χ3n) is 1.31. The zero-order chi connectivity index (χ0) is 10.8. The minimum absolute atomic E-state index is 0.0701. The molecule has 14 heavy (non-hydrogen) atoms. The Hall–Kier alpha value is -1.08. The lowest BCUT2D eigenvalue weighted by molar-refractivity contribution is -0.0428. The van der Waals surface area contributed by atoms with E-state index in [1.807, 2.05) is 0 Å². The predicted molar refractivity (Wildman–Crippen MR) is 48.7 cm³/mol. The molecule has 78 valence electrons. The van der Waals surface area contributed by atoms with Crippen LogP contribution in [0.1, 0.15) is 0 Å². The monoisotopic (exact) mass is 224 g/mol. The first-order chi connectivity index (χ1) is 6.39. The SMILES string of the molecule is Nc1cccc(N[S+]([O-])C(F)(F)F)c1. The Bertz CT molecular complexity index is 318. The third-order valence-corrected chi connectivity index (χ3v) is 2.15. The predicted octanol–water partition coefficient (Wildman–Crippen LogP) is 1.86. The van der Waals surface area contributed by atoms with Crippen LogP contribution in [0.25, 0.3) is 0 Å². The minimum atomic E-state index is -4.77. The van der Waals surface area contributed by atoms with Crippen molar-refractivity contribution in [1.29, 1.82) is 0 Å². The highest BCUT2D eigenvalue weighted by molar-refractivity contribution is 7.93. The summed E-state index contributed by atoms with van der Waals surface area (Å²) >= 11 is -3.10. The Kier molecular flexibility index (Phi) is 3.12. The highest BCUT2D eigenvalue weighted by Gasteiger charge is 2.45. The number of hydrogen-bond acceptors (Lipinski definition) is 3. The molecule has 7 heteroatoms. The van der Waals surface area contributed by atoms with Crippen LogP contribution in [0.5, 0.6) is 0 Å². The van der Waals surface area contributed by atoms with Gasteiger partial charge in [-0.15, -0.1) is 13.2 Å². The van der Waals surface area contributed by atoms with Crippen LogP contribution in [-0.4, -0.2) is 10.1 Å². The zero-order valence-electron chi connectivity index (χ0n) is 6.84. The van der Waals surface area contributed by atoms with Gasteiger partial charge in [-0.3, -0.25) is 0 Å². The van der Waals surface area contributed by atoms with Gasteiger partial charge in [0, 0.05) is 5.69 Å². The molecule has 1 atom stereocenters. The van der Waals surface area contributed by atoms with Crippen molar-refractivity contribution in [2.45, 2.75) is 5.51 Å². The number of anilines is 2. The first kappa shape index (κ1) is 11.0. The average molecular weight is 224 g/mol. The van der Waals surface area contributed by atoms with Gasteiger partial charge in [-0.05, 0) is 18.2 Å². The molecular formula is C7H7F3N2OS. The van der Waals surface area contributed by atoms with E-state index in [4.69, 9.17) is 5.73 Å². The van der Waals surface area contributed by atoms with Crippen molar-refractivity contribution >= 4 is 22.7 Å². The first-order valence-corrected chi connectivity index (χ1v) is 4.65. The average Bonchev–Trinajstić information content (AvgIpc) is 2.02. The van der Waals surface area contributed by atoms with E-state index in [0.29, 0.717) is 5.69 Å². The number of nitrogens with two attached hydrogens (primary N) is 1. The molecule has 0 saturated carbocycles. The van der Waals surface area contributed by atoms with Gasteiger partial charge in [0.15, 0.2) is 11.4 Å². The van der Waals surface area contributed by atoms with E-state index in [1.54, 1.807) is 4.72 Å². The van der Waals surface area contributed by atoms with E-state index in [-0.39, 0.29) is 5.69 Å². The molecule has 0 fully saturated rings. The first-order valence-electron chi connectivity index (χ1n) is 3.50. The van der Waals surface area contributed by atoms with Crippen molar-refractivity contribution in [1.82, 2.24) is 0 Å². The molecule has 0 bridgehead atoms. The van der Waals surface area contributed by atoms with Crippen LogP contribution in [0.2, 0.25) is 0 Å². The van der Waals surface area contributed by atoms with Crippen LogP contribution >= 0.6 is 0 Å². The fourth-order valence-corrected chi connectivity index (χ4v) is 1.22. The van der Waals surface area contributed by atoms with Crippen LogP contribution in [0.4, 0.5) is 24.5 Å². The number of rotatable bonds is 2. The van der Waals surface area contributed by atoms with E-state index in [0.717, 1.165) is 0 Å². The summed E-state index contributed by atoms with van der Waals surface area (Å²) in [6.07, 6.45) is 0. The van der Waals surface area contributed by atoms with E-state index < -0.39 is 16.9 Å². The van der Waals surface area contributed by atoms with Crippen molar-refractivity contribution in [3.63, 3.8) is 0 Å². The van der Waals surface area contributed by atoms with Crippen LogP contribution in [0, 0.1) is 0 Å². The van der Waals surface area contributed by atoms with Gasteiger partial charge in [-0.2, -0.15) is 0 Å². The Balaban J connectivity index is 2.70. The largest absolute Gasteiger partial charge is 0.598 e. The quantitative estimate of drug-likeness (QED) is 0.595. The third kappa shape index (κ3) is 3.00. The highest BCUT2D eigenvalue weighted by Crippen LogP contribution is 2.25. The van der Waals surface area contributed by atoms with E-state index in [9.17, 15) is 17.7 Å². The summed E-state index contributed by atoms with van der Waals surface area (Å²) in [6, 6.07) is 5.59. The summed E-state index contributed by atoms with van der Waals surface area (Å²) in [7, 11) is 0. The van der Waals surface area contributed by atoms with Crippen LogP contribution in [0.3, 0.4) is 0 Å². The maximum absolute atomic E-state index is 11.8. The Morgan fingerprint density at radius 1 is 1.36 bits per heavy atom. The second-order valence-electron chi connectivity index (χ2n) is 2.44. The lowest BCUT2D eigenvalue weighted by atomic mass is 10.3. The van der Waals surface area contributed by atoms with Gasteiger partial charge >= 0.3 is 5.51 Å². The zero-order valence-corrected chi connectivity index (χ0v) is 7.65. The van der Waals surface area contributed by atoms with E-state index in [1.165, 1.54) is 24.3 Å². The fourth-order valence-electron chi connectivity index (χ4n) is 0.767. The summed E-state index contributed by atoms with van der Waals surface area (Å²) in [4.78, 5) is 0. The molecule has 3 N–H and O–H groups in total. The number of nitrogen functional groups attached to an aromatic ring is 1. The Labute approximate surface area is 81.4 Å². The molecule has 0 aliphatic carbocycles. The van der Waals surface area contributed by atoms with Crippen molar-refractivity contribution in [3.8, 4) is 0 Å². The van der Waals surface area contributed by atoms with Gasteiger partial charge in [-0.1, -0.05) is 6.07 Å². The maximum atomic E-state index is 11.8. The minimum Gasteiger partial charge on any atom is -0.586 e. The summed E-state index contributed by atoms with van der Waals surface area (Å²) in [5.74, 6) is 0. The Morgan fingerprint density at radius 3 is 2.50 bits per heavy atom. The number of hydrogen-bond donors (Lipinski definition) is 2. The second kappa shape index (κ2) is 3.97. The van der Waals surface area contributed by atoms with Gasteiger partial charge in [0.05, 0.1) is 5.69 Å². The molecule has 0 saturated heterocycles. The summed E-state index contributed by atoms with van der Waals surface area (Å²) in [5, 5.41) is 0. The van der Waals surface area contributed by atoms with Crippen LogP contribution in [0.15, 0.2) is 24.3 Å². The fraction of sp³-hybridized carbons (Fsp3) is 0.143. The van der Waals surface area contributed by atoms with Crippen LogP contribution in [-0.2, 0) is 11.4 Å². The molecule has 1 aromatic rings. The summed E-state index contributed by atoms with van der Waals surface area (Å²) in [6.45, 7) is 0. The van der Waals surface area contributed by atoms with Gasteiger partial charge in [0.2, 0.25) is 0 Å². The summed E-state index contributed by atoms with van der Waals surface area (Å²) < 4.78 is 47.9. The molecule has 0 radical (unpaired) electrons. The van der Waals surface area contributed by atoms with Gasteiger partial charge in [0.25, 0.3) is 0 Å². The second-order valence-corrected chi connectivity index (χ2v) is 3.65. The topological polar surface area (TPSA) is 61.1 Å². The lowest BCUT2D eigenvalue weighted by Gasteiger charge is -2.13. The standard InChI is InChI=1S/C7H7F3N2OS/c8-7(9,10)14(13)12-6-3-1-2-5(11)4-6/h1-4,12H,11H2. The normalized spacial score (nSPS) is 13.7. The van der Waals surface area contributed by atoms with E-state index in [2.05, 4.69) is 0 Å². The summed E-state index contributed by atoms with van der Waals surface area (Å²) in [5.41, 5.74) is 0.920. The van der Waals surface area contributed by atoms with Crippen molar-refractivity contribution in [2.24, 2.45) is 0 Å². The maximum Gasteiger partial charge on any atom is 0.598 e. The molecule has 1 rings (SSSR count). The Morgan fingerprint density at radius 2 is 2.00 bits per heavy atom. The molecule has 0 amide bonds. The molecule has 3 nitrogen and oxygen atoms in total. The number of alkyl halides is 3. The number of nitrogens with one attached hydrogen (secondary N) is 1. The van der Waals surface area contributed by atoms with Crippen LogP contribution < -0.4 is 10.5 Å². The molecule has 1 unspecified atom stereocenters. The molecule has 1 aromatic carbocycles.